The molecule has 2 heterocycles. The molecule has 0 amide bonds. The first-order chi connectivity index (χ1) is 8.22. The summed E-state index contributed by atoms with van der Waals surface area (Å²) < 4.78 is 0. The molecule has 1 saturated carbocycles. The van der Waals surface area contributed by atoms with Crippen molar-refractivity contribution >= 4 is 5.95 Å². The molecule has 2 fully saturated rings. The second kappa shape index (κ2) is 4.28. The molecule has 3 nitrogen and oxygen atoms in total. The van der Waals surface area contributed by atoms with E-state index in [4.69, 9.17) is 0 Å². The maximum Gasteiger partial charge on any atom is 0.225 e. The van der Waals surface area contributed by atoms with Crippen LogP contribution in [0.25, 0.3) is 0 Å². The molecule has 2 aliphatic rings. The zero-order valence-electron chi connectivity index (χ0n) is 10.8. The molecule has 1 aliphatic carbocycles. The van der Waals surface area contributed by atoms with E-state index >= 15 is 0 Å². The highest BCUT2D eigenvalue weighted by molar-refractivity contribution is 5.34. The number of hydrogen-bond acceptors (Lipinski definition) is 3. The molecule has 0 radical (unpaired) electrons. The highest BCUT2D eigenvalue weighted by atomic mass is 15.3. The van der Waals surface area contributed by atoms with Crippen molar-refractivity contribution in [3.63, 3.8) is 0 Å². The van der Waals surface area contributed by atoms with Gasteiger partial charge >= 0.3 is 0 Å². The number of anilines is 1. The van der Waals surface area contributed by atoms with Crippen LogP contribution in [0.3, 0.4) is 0 Å². The summed E-state index contributed by atoms with van der Waals surface area (Å²) in [5.41, 5.74) is 2.17. The van der Waals surface area contributed by atoms with Crippen LogP contribution in [-0.2, 0) is 0 Å². The van der Waals surface area contributed by atoms with Gasteiger partial charge in [-0.25, -0.2) is 9.97 Å². The van der Waals surface area contributed by atoms with Crippen LogP contribution in [0, 0.1) is 25.7 Å². The van der Waals surface area contributed by atoms with E-state index in [1.165, 1.54) is 38.8 Å². The summed E-state index contributed by atoms with van der Waals surface area (Å²) in [6.07, 6.45) is 5.66. The summed E-state index contributed by atoms with van der Waals surface area (Å²) in [4.78, 5) is 11.6. The van der Waals surface area contributed by atoms with Gasteiger partial charge in [0, 0.05) is 24.5 Å². The third kappa shape index (κ3) is 2.15. The zero-order valence-corrected chi connectivity index (χ0v) is 10.8. The summed E-state index contributed by atoms with van der Waals surface area (Å²) in [5, 5.41) is 0. The van der Waals surface area contributed by atoms with Gasteiger partial charge in [0.2, 0.25) is 5.95 Å². The highest BCUT2D eigenvalue weighted by Crippen LogP contribution is 2.37. The van der Waals surface area contributed by atoms with Crippen molar-refractivity contribution in [1.29, 1.82) is 0 Å². The number of rotatable bonds is 1. The molecule has 1 aliphatic heterocycles. The van der Waals surface area contributed by atoms with E-state index in [-0.39, 0.29) is 0 Å². The lowest BCUT2D eigenvalue weighted by molar-refractivity contribution is 0.299. The Hall–Kier alpha value is -1.12. The minimum absolute atomic E-state index is 0.896. The van der Waals surface area contributed by atoms with Crippen molar-refractivity contribution in [1.82, 2.24) is 9.97 Å². The van der Waals surface area contributed by atoms with Gasteiger partial charge in [0.25, 0.3) is 0 Å². The maximum atomic E-state index is 4.59. The minimum Gasteiger partial charge on any atom is -0.340 e. The van der Waals surface area contributed by atoms with E-state index in [0.717, 1.165) is 29.2 Å². The molecule has 0 aromatic carbocycles. The van der Waals surface area contributed by atoms with Crippen LogP contribution in [0.1, 0.15) is 37.1 Å². The van der Waals surface area contributed by atoms with Gasteiger partial charge in [-0.1, -0.05) is 12.8 Å². The quantitative estimate of drug-likeness (QED) is 0.744. The van der Waals surface area contributed by atoms with Crippen LogP contribution in [0.5, 0.6) is 0 Å². The molecule has 0 spiro atoms. The SMILES string of the molecule is Cc1cc(C)nc(N2CC3CCCCC3C2)n1. The van der Waals surface area contributed by atoms with Crippen LogP contribution in [0.4, 0.5) is 5.95 Å². The fourth-order valence-corrected chi connectivity index (χ4v) is 3.42. The van der Waals surface area contributed by atoms with Crippen molar-refractivity contribution in [2.45, 2.75) is 39.5 Å². The smallest absolute Gasteiger partial charge is 0.225 e. The van der Waals surface area contributed by atoms with Gasteiger partial charge < -0.3 is 4.90 Å². The van der Waals surface area contributed by atoms with Gasteiger partial charge in [-0.2, -0.15) is 0 Å². The lowest BCUT2D eigenvalue weighted by atomic mass is 9.82. The second-order valence-corrected chi connectivity index (χ2v) is 5.66. The molecule has 0 bridgehead atoms. The predicted octanol–water partition coefficient (Wildman–Crippen LogP) is 2.72. The average molecular weight is 231 g/mol. The normalized spacial score (nSPS) is 28.2. The number of aryl methyl sites for hydroxylation is 2. The first-order valence-electron chi connectivity index (χ1n) is 6.79. The summed E-state index contributed by atoms with van der Waals surface area (Å²) >= 11 is 0. The number of aromatic nitrogens is 2. The largest absolute Gasteiger partial charge is 0.340 e. The first-order valence-corrected chi connectivity index (χ1v) is 6.79. The highest BCUT2D eigenvalue weighted by Gasteiger charge is 2.35. The zero-order chi connectivity index (χ0) is 11.8. The van der Waals surface area contributed by atoms with Crippen molar-refractivity contribution < 1.29 is 0 Å². The van der Waals surface area contributed by atoms with Crippen LogP contribution in [0.2, 0.25) is 0 Å². The summed E-state index contributed by atoms with van der Waals surface area (Å²) in [6, 6.07) is 2.05. The van der Waals surface area contributed by atoms with E-state index < -0.39 is 0 Å². The third-order valence-electron chi connectivity index (χ3n) is 4.23. The Morgan fingerprint density at radius 3 is 2.06 bits per heavy atom. The summed E-state index contributed by atoms with van der Waals surface area (Å²) in [7, 11) is 0. The van der Waals surface area contributed by atoms with Gasteiger partial charge in [0.1, 0.15) is 0 Å². The fourth-order valence-electron chi connectivity index (χ4n) is 3.42. The summed E-state index contributed by atoms with van der Waals surface area (Å²) in [6.45, 7) is 6.46. The van der Waals surface area contributed by atoms with Gasteiger partial charge in [-0.15, -0.1) is 0 Å². The van der Waals surface area contributed by atoms with Gasteiger partial charge in [0.15, 0.2) is 0 Å². The van der Waals surface area contributed by atoms with E-state index in [2.05, 4.69) is 28.7 Å². The molecular weight excluding hydrogens is 210 g/mol. The van der Waals surface area contributed by atoms with Crippen LogP contribution in [-0.4, -0.2) is 23.1 Å². The maximum absolute atomic E-state index is 4.59. The Kier molecular flexibility index (Phi) is 2.77. The fraction of sp³-hybridized carbons (Fsp3) is 0.714. The Balaban J connectivity index is 1.81. The van der Waals surface area contributed by atoms with Crippen molar-refractivity contribution in [2.75, 3.05) is 18.0 Å². The van der Waals surface area contributed by atoms with Gasteiger partial charge in [0.05, 0.1) is 0 Å². The van der Waals surface area contributed by atoms with Crippen LogP contribution < -0.4 is 4.90 Å². The molecule has 1 saturated heterocycles. The standard InChI is InChI=1S/C14H21N3/c1-10-7-11(2)16-14(15-10)17-8-12-5-3-4-6-13(12)9-17/h7,12-13H,3-6,8-9H2,1-2H3. The molecule has 1 aromatic heterocycles. The van der Waals surface area contributed by atoms with Crippen LogP contribution in [0.15, 0.2) is 6.07 Å². The molecule has 17 heavy (non-hydrogen) atoms. The molecule has 92 valence electrons. The summed E-state index contributed by atoms with van der Waals surface area (Å²) in [5.74, 6) is 2.75. The lowest BCUT2D eigenvalue weighted by Gasteiger charge is -2.22. The first kappa shape index (κ1) is 11.0. The molecule has 2 unspecified atom stereocenters. The van der Waals surface area contributed by atoms with E-state index in [0.29, 0.717) is 0 Å². The van der Waals surface area contributed by atoms with E-state index in [1.807, 2.05) is 6.07 Å². The van der Waals surface area contributed by atoms with Crippen LogP contribution >= 0.6 is 0 Å². The van der Waals surface area contributed by atoms with Crippen molar-refractivity contribution in [3.8, 4) is 0 Å². The van der Waals surface area contributed by atoms with Gasteiger partial charge in [-0.05, 0) is 44.6 Å². The molecule has 3 heteroatoms. The predicted molar refractivity (Wildman–Crippen MR) is 69.2 cm³/mol. The van der Waals surface area contributed by atoms with E-state index in [9.17, 15) is 0 Å². The van der Waals surface area contributed by atoms with Gasteiger partial charge in [-0.3, -0.25) is 0 Å². The Bertz CT molecular complexity index is 382. The van der Waals surface area contributed by atoms with Crippen molar-refractivity contribution in [2.24, 2.45) is 11.8 Å². The number of nitrogens with zero attached hydrogens (tertiary/aromatic N) is 3. The Labute approximate surface area is 103 Å². The number of hydrogen-bond donors (Lipinski definition) is 0. The minimum atomic E-state index is 0.896. The molecule has 0 N–H and O–H groups in total. The monoisotopic (exact) mass is 231 g/mol. The second-order valence-electron chi connectivity index (χ2n) is 5.66. The Morgan fingerprint density at radius 2 is 1.53 bits per heavy atom. The molecular formula is C14H21N3. The molecule has 1 aromatic rings. The molecule has 2 atom stereocenters. The Morgan fingerprint density at radius 1 is 1.00 bits per heavy atom. The van der Waals surface area contributed by atoms with E-state index in [1.54, 1.807) is 0 Å². The molecule has 3 rings (SSSR count). The third-order valence-corrected chi connectivity index (χ3v) is 4.23. The lowest BCUT2D eigenvalue weighted by Crippen LogP contribution is -2.22. The topological polar surface area (TPSA) is 29.0 Å². The average Bonchev–Trinajstić information content (AvgIpc) is 2.71. The van der Waals surface area contributed by atoms with Crippen molar-refractivity contribution in [3.05, 3.63) is 17.5 Å². The number of fused-ring (bicyclic) bond motifs is 1.